The van der Waals surface area contributed by atoms with Gasteiger partial charge in [0.2, 0.25) is 6.79 Å². The van der Waals surface area contributed by atoms with Gasteiger partial charge in [0.1, 0.15) is 6.04 Å². The highest BCUT2D eigenvalue weighted by atomic mass is 16.7. The average Bonchev–Trinajstić information content (AvgIpc) is 3.08. The van der Waals surface area contributed by atoms with Crippen LogP contribution in [0.5, 0.6) is 23.0 Å². The first-order valence-corrected chi connectivity index (χ1v) is 9.62. The molecule has 0 saturated heterocycles. The molecule has 0 spiro atoms. The van der Waals surface area contributed by atoms with E-state index in [-0.39, 0.29) is 0 Å². The Morgan fingerprint density at radius 2 is 1.48 bits per heavy atom. The van der Waals surface area contributed by atoms with Gasteiger partial charge in [-0.2, -0.15) is 0 Å². The zero-order chi connectivity index (χ0) is 18.6. The highest BCUT2D eigenvalue weighted by Gasteiger charge is 2.42. The maximum atomic E-state index is 5.64. The zero-order valence-corrected chi connectivity index (χ0v) is 16.2. The Labute approximate surface area is 160 Å². The number of fused-ring (bicyclic) bond motifs is 5. The number of ether oxygens (including phenoxy) is 4. The lowest BCUT2D eigenvalue weighted by Gasteiger charge is -2.45. The second kappa shape index (κ2) is 6.06. The van der Waals surface area contributed by atoms with E-state index in [2.05, 4.69) is 31.3 Å². The van der Waals surface area contributed by atoms with Crippen LogP contribution in [0, 0.1) is 0 Å². The normalized spacial score (nSPS) is 25.1. The lowest BCUT2D eigenvalue weighted by atomic mass is 9.87. The van der Waals surface area contributed by atoms with E-state index in [9.17, 15) is 0 Å². The molecule has 5 nitrogen and oxygen atoms in total. The average molecular weight is 368 g/mol. The topological polar surface area (TPSA) is 36.9 Å². The van der Waals surface area contributed by atoms with E-state index >= 15 is 0 Å². The van der Waals surface area contributed by atoms with Gasteiger partial charge in [0, 0.05) is 24.8 Å². The minimum atomic E-state index is 0.329. The summed E-state index contributed by atoms with van der Waals surface area (Å²) in [4.78, 5) is 0. The van der Waals surface area contributed by atoms with Crippen LogP contribution in [0.25, 0.3) is 0 Å². The molecule has 0 radical (unpaired) electrons. The van der Waals surface area contributed by atoms with Gasteiger partial charge in [0.25, 0.3) is 0 Å². The number of rotatable bonds is 2. The van der Waals surface area contributed by atoms with Crippen molar-refractivity contribution in [2.24, 2.45) is 0 Å². The monoisotopic (exact) mass is 368 g/mol. The molecule has 0 N–H and O–H groups in total. The molecule has 3 aliphatic rings. The van der Waals surface area contributed by atoms with Crippen LogP contribution in [0.1, 0.15) is 28.3 Å². The fraction of sp³-hybridized carbons (Fsp3) is 0.455. The molecule has 3 aliphatic heterocycles. The number of hydrogen-bond donors (Lipinski definition) is 0. The molecule has 2 aromatic rings. The summed E-state index contributed by atoms with van der Waals surface area (Å²) in [7, 11) is 5.82. The number of methoxy groups -OCH3 is 2. The number of benzene rings is 2. The van der Waals surface area contributed by atoms with Crippen LogP contribution in [0.15, 0.2) is 24.3 Å². The second-order valence-electron chi connectivity index (χ2n) is 8.03. The van der Waals surface area contributed by atoms with Gasteiger partial charge in [0.15, 0.2) is 23.0 Å². The SMILES string of the molecule is COc1cc2c(cc1OC)C1Cc3cc4c(cc3CC[N+]1(C)CC2)OCO4. The summed E-state index contributed by atoms with van der Waals surface area (Å²) in [6.07, 6.45) is 3.15. The molecule has 0 aliphatic carbocycles. The summed E-state index contributed by atoms with van der Waals surface area (Å²) < 4.78 is 23.4. The van der Waals surface area contributed by atoms with Crippen LogP contribution < -0.4 is 18.9 Å². The molecule has 3 heterocycles. The number of hydrogen-bond acceptors (Lipinski definition) is 4. The Morgan fingerprint density at radius 1 is 0.852 bits per heavy atom. The summed E-state index contributed by atoms with van der Waals surface area (Å²) in [5, 5.41) is 0. The van der Waals surface area contributed by atoms with Crippen molar-refractivity contribution < 1.29 is 23.4 Å². The molecule has 0 aromatic heterocycles. The van der Waals surface area contributed by atoms with Gasteiger partial charge in [-0.1, -0.05) is 0 Å². The second-order valence-corrected chi connectivity index (χ2v) is 8.03. The van der Waals surface area contributed by atoms with Crippen LogP contribution in [-0.2, 0) is 19.3 Å². The number of nitrogens with zero attached hydrogens (tertiary/aromatic N) is 1. The summed E-state index contributed by atoms with van der Waals surface area (Å²) in [6.45, 7) is 2.61. The van der Waals surface area contributed by atoms with Crippen LogP contribution >= 0.6 is 0 Å². The maximum absolute atomic E-state index is 5.64. The summed E-state index contributed by atoms with van der Waals surface area (Å²) >= 11 is 0. The van der Waals surface area contributed by atoms with Crippen LogP contribution in [0.3, 0.4) is 0 Å². The third-order valence-corrected chi connectivity index (χ3v) is 6.65. The predicted octanol–water partition coefficient (Wildman–Crippen LogP) is 3.28. The standard InChI is InChI=1S/C22H26NO4/c1-23-6-4-14-9-21-22(27-13-26-21)11-16(14)8-18(23)17-12-20(25-3)19(24-2)10-15(17)5-7-23/h9-12,18H,4-8,13H2,1-3H3/q+1. The van der Waals surface area contributed by atoms with Crippen LogP contribution in [-0.4, -0.2) is 45.6 Å². The smallest absolute Gasteiger partial charge is 0.231 e. The molecule has 2 atom stereocenters. The molecule has 0 fully saturated rings. The van der Waals surface area contributed by atoms with E-state index in [1.54, 1.807) is 14.2 Å². The Morgan fingerprint density at radius 3 is 2.19 bits per heavy atom. The van der Waals surface area contributed by atoms with Gasteiger partial charge in [-0.15, -0.1) is 0 Å². The van der Waals surface area contributed by atoms with Crippen molar-refractivity contribution >= 4 is 0 Å². The van der Waals surface area contributed by atoms with E-state index in [1.165, 1.54) is 22.3 Å². The maximum Gasteiger partial charge on any atom is 0.231 e. The predicted molar refractivity (Wildman–Crippen MR) is 102 cm³/mol. The zero-order valence-electron chi connectivity index (χ0n) is 16.2. The molecule has 5 heteroatoms. The van der Waals surface area contributed by atoms with Crippen molar-refractivity contribution in [1.29, 1.82) is 0 Å². The molecule has 0 saturated carbocycles. The van der Waals surface area contributed by atoms with E-state index in [4.69, 9.17) is 18.9 Å². The Bertz CT molecular complexity index is 910. The lowest BCUT2D eigenvalue weighted by molar-refractivity contribution is -0.940. The third kappa shape index (κ3) is 2.56. The van der Waals surface area contributed by atoms with E-state index in [0.717, 1.165) is 59.8 Å². The molecule has 0 amide bonds. The van der Waals surface area contributed by atoms with Crippen LogP contribution in [0.2, 0.25) is 0 Å². The number of likely N-dealkylation sites (N-methyl/N-ethyl adjacent to an activating group) is 1. The van der Waals surface area contributed by atoms with Gasteiger partial charge in [-0.3, -0.25) is 0 Å². The van der Waals surface area contributed by atoms with Gasteiger partial charge < -0.3 is 23.4 Å². The number of quaternary nitrogens is 1. The first kappa shape index (κ1) is 16.8. The van der Waals surface area contributed by atoms with Gasteiger partial charge >= 0.3 is 0 Å². The van der Waals surface area contributed by atoms with E-state index in [1.807, 2.05) is 0 Å². The highest BCUT2D eigenvalue weighted by Crippen LogP contribution is 2.45. The molecule has 2 aromatic carbocycles. The summed E-state index contributed by atoms with van der Waals surface area (Å²) in [5.74, 6) is 3.42. The highest BCUT2D eigenvalue weighted by molar-refractivity contribution is 5.52. The Kier molecular flexibility index (Phi) is 3.76. The molecule has 0 bridgehead atoms. The minimum Gasteiger partial charge on any atom is -0.493 e. The first-order chi connectivity index (χ1) is 13.1. The largest absolute Gasteiger partial charge is 0.493 e. The van der Waals surface area contributed by atoms with Gasteiger partial charge in [-0.25, -0.2) is 0 Å². The third-order valence-electron chi connectivity index (χ3n) is 6.65. The molecule has 142 valence electrons. The molecule has 2 unspecified atom stereocenters. The minimum absolute atomic E-state index is 0.329. The van der Waals surface area contributed by atoms with Crippen molar-refractivity contribution in [3.63, 3.8) is 0 Å². The Hall–Kier alpha value is -2.40. The van der Waals surface area contributed by atoms with Crippen molar-refractivity contribution in [1.82, 2.24) is 0 Å². The van der Waals surface area contributed by atoms with E-state index < -0.39 is 0 Å². The summed E-state index contributed by atoms with van der Waals surface area (Å²) in [5.41, 5.74) is 5.56. The fourth-order valence-electron chi connectivity index (χ4n) is 4.96. The molecule has 27 heavy (non-hydrogen) atoms. The van der Waals surface area contributed by atoms with Crippen LogP contribution in [0.4, 0.5) is 0 Å². The molecular formula is C22H26NO4+. The van der Waals surface area contributed by atoms with E-state index in [0.29, 0.717) is 12.8 Å². The molecule has 5 rings (SSSR count). The quantitative estimate of drug-likeness (QED) is 0.763. The molecular weight excluding hydrogens is 342 g/mol. The first-order valence-electron chi connectivity index (χ1n) is 9.62. The summed E-state index contributed by atoms with van der Waals surface area (Å²) in [6, 6.07) is 9.17. The Balaban J connectivity index is 1.61. The van der Waals surface area contributed by atoms with Crippen molar-refractivity contribution in [2.75, 3.05) is 41.1 Å². The fourth-order valence-corrected chi connectivity index (χ4v) is 4.96. The van der Waals surface area contributed by atoms with Crippen molar-refractivity contribution in [3.05, 3.63) is 46.5 Å². The van der Waals surface area contributed by atoms with Crippen molar-refractivity contribution in [2.45, 2.75) is 25.3 Å². The van der Waals surface area contributed by atoms with Gasteiger partial charge in [0.05, 0.1) is 34.4 Å². The van der Waals surface area contributed by atoms with Crippen molar-refractivity contribution in [3.8, 4) is 23.0 Å². The lowest BCUT2D eigenvalue weighted by Crippen LogP contribution is -2.52. The van der Waals surface area contributed by atoms with Gasteiger partial charge in [-0.05, 0) is 41.0 Å².